The number of hydrogen-bond donors (Lipinski definition) is 1. The zero-order chi connectivity index (χ0) is 18.9. The molecule has 0 spiro atoms. The van der Waals surface area contributed by atoms with Gasteiger partial charge in [-0.1, -0.05) is 13.8 Å². The number of Topliss-reactive ketones (excluding diaryl/α,β-unsaturated/α-hetero) is 3. The van der Waals surface area contributed by atoms with Gasteiger partial charge in [-0.05, 0) is 44.1 Å². The Morgan fingerprint density at radius 1 is 1.12 bits per heavy atom. The van der Waals surface area contributed by atoms with E-state index >= 15 is 0 Å². The maximum Gasteiger partial charge on any atom is 0.153 e. The first-order valence-corrected chi connectivity index (χ1v) is 11.5. The van der Waals surface area contributed by atoms with Crippen LogP contribution in [0.4, 0.5) is 0 Å². The largest absolute Gasteiger partial charge is 0.324 e. The second-order valence-electron chi connectivity index (χ2n) is 7.69. The molecule has 0 aromatic heterocycles. The van der Waals surface area contributed by atoms with Crippen LogP contribution < -0.4 is 5.73 Å². The third-order valence-electron chi connectivity index (χ3n) is 5.13. The number of hydrogen-bond acceptors (Lipinski definition) is 6. The van der Waals surface area contributed by atoms with Crippen molar-refractivity contribution in [1.29, 1.82) is 0 Å². The molecule has 1 heterocycles. The molecular formula is C19H33NO3S2. The Balaban J connectivity index is 2.91. The van der Waals surface area contributed by atoms with Crippen LogP contribution in [0.3, 0.4) is 0 Å². The Bertz CT molecular complexity index is 483. The van der Waals surface area contributed by atoms with Gasteiger partial charge in [0.25, 0.3) is 0 Å². The van der Waals surface area contributed by atoms with E-state index in [0.717, 1.165) is 35.9 Å². The minimum atomic E-state index is -0.530. The molecule has 2 N–H and O–H groups in total. The topological polar surface area (TPSA) is 77.2 Å². The van der Waals surface area contributed by atoms with Crippen LogP contribution in [-0.4, -0.2) is 46.9 Å². The summed E-state index contributed by atoms with van der Waals surface area (Å²) in [6, 6.07) is 0. The first-order valence-electron chi connectivity index (χ1n) is 9.15. The lowest BCUT2D eigenvalue weighted by Gasteiger charge is -2.31. The Kier molecular flexibility index (Phi) is 9.75. The number of rotatable bonds is 5. The monoisotopic (exact) mass is 387 g/mol. The molecule has 0 unspecified atom stereocenters. The Morgan fingerprint density at radius 2 is 1.72 bits per heavy atom. The molecule has 1 saturated heterocycles. The molecule has 1 rings (SSSR count). The molecule has 1 fully saturated rings. The van der Waals surface area contributed by atoms with Crippen molar-refractivity contribution in [2.45, 2.75) is 59.3 Å². The maximum absolute atomic E-state index is 13.0. The first-order chi connectivity index (χ1) is 11.7. The van der Waals surface area contributed by atoms with E-state index < -0.39 is 10.8 Å². The molecule has 0 amide bonds. The van der Waals surface area contributed by atoms with E-state index in [1.54, 1.807) is 18.7 Å². The van der Waals surface area contributed by atoms with Crippen LogP contribution in [-0.2, 0) is 14.4 Å². The van der Waals surface area contributed by atoms with Crippen LogP contribution in [0, 0.1) is 10.8 Å². The van der Waals surface area contributed by atoms with Crippen molar-refractivity contribution < 1.29 is 14.4 Å². The summed E-state index contributed by atoms with van der Waals surface area (Å²) in [6.07, 6.45) is 4.23. The molecule has 1 aliphatic heterocycles. The second kappa shape index (κ2) is 10.7. The molecule has 0 aromatic rings. The van der Waals surface area contributed by atoms with Crippen molar-refractivity contribution in [3.05, 3.63) is 0 Å². The van der Waals surface area contributed by atoms with Crippen LogP contribution in [0.15, 0.2) is 0 Å². The van der Waals surface area contributed by atoms with E-state index in [-0.39, 0.29) is 23.9 Å². The fourth-order valence-electron chi connectivity index (χ4n) is 2.98. The number of ketones is 3. The Hall–Kier alpha value is -0.330. The van der Waals surface area contributed by atoms with E-state index in [2.05, 4.69) is 0 Å². The Morgan fingerprint density at radius 3 is 2.28 bits per heavy atom. The zero-order valence-corrected chi connectivity index (χ0v) is 17.5. The van der Waals surface area contributed by atoms with Gasteiger partial charge in [0.15, 0.2) is 5.78 Å². The molecule has 0 aliphatic carbocycles. The predicted octanol–water partition coefficient (Wildman–Crippen LogP) is 3.51. The third kappa shape index (κ3) is 7.43. The fourth-order valence-corrected chi connectivity index (χ4v) is 5.59. The third-order valence-corrected chi connectivity index (χ3v) is 7.97. The Labute approximate surface area is 160 Å². The van der Waals surface area contributed by atoms with E-state index in [1.807, 2.05) is 25.6 Å². The van der Waals surface area contributed by atoms with E-state index in [1.165, 1.54) is 0 Å². The molecule has 4 nitrogen and oxygen atoms in total. The molecule has 6 heteroatoms. The summed E-state index contributed by atoms with van der Waals surface area (Å²) in [6.45, 7) is 5.54. The first kappa shape index (κ1) is 22.7. The highest BCUT2D eigenvalue weighted by Gasteiger charge is 2.37. The van der Waals surface area contributed by atoms with Crippen molar-refractivity contribution in [3.8, 4) is 0 Å². The molecule has 1 aliphatic rings. The van der Waals surface area contributed by atoms with Crippen molar-refractivity contribution >= 4 is 40.9 Å². The second-order valence-corrected chi connectivity index (χ2v) is 9.90. The van der Waals surface area contributed by atoms with Gasteiger partial charge < -0.3 is 10.5 Å². The van der Waals surface area contributed by atoms with E-state index in [9.17, 15) is 14.4 Å². The van der Waals surface area contributed by atoms with Crippen molar-refractivity contribution in [2.24, 2.45) is 16.6 Å². The summed E-state index contributed by atoms with van der Waals surface area (Å²) >= 11 is 3.62. The average molecular weight is 388 g/mol. The summed E-state index contributed by atoms with van der Waals surface area (Å²) in [7, 11) is 0. The number of thioether (sulfide) groups is 2. The van der Waals surface area contributed by atoms with Crippen LogP contribution in [0.2, 0.25) is 0 Å². The number of carbonyl (C=O) groups excluding carboxylic acids is 3. The van der Waals surface area contributed by atoms with Gasteiger partial charge in [0, 0.05) is 35.2 Å². The molecule has 0 bridgehead atoms. The lowest BCUT2D eigenvalue weighted by Crippen LogP contribution is -2.38. The van der Waals surface area contributed by atoms with Gasteiger partial charge in [-0.25, -0.2) is 0 Å². The van der Waals surface area contributed by atoms with Gasteiger partial charge in [-0.3, -0.25) is 9.59 Å². The van der Waals surface area contributed by atoms with Crippen LogP contribution >= 0.6 is 23.5 Å². The van der Waals surface area contributed by atoms with E-state index in [4.69, 9.17) is 5.73 Å². The van der Waals surface area contributed by atoms with Crippen molar-refractivity contribution in [1.82, 2.24) is 0 Å². The zero-order valence-electron chi connectivity index (χ0n) is 15.9. The smallest absolute Gasteiger partial charge is 0.153 e. The van der Waals surface area contributed by atoms with E-state index in [0.29, 0.717) is 25.7 Å². The van der Waals surface area contributed by atoms with Gasteiger partial charge >= 0.3 is 0 Å². The molecule has 0 radical (unpaired) electrons. The van der Waals surface area contributed by atoms with Crippen LogP contribution in [0.1, 0.15) is 59.3 Å². The summed E-state index contributed by atoms with van der Waals surface area (Å²) in [5.41, 5.74) is 4.60. The predicted molar refractivity (Wildman–Crippen MR) is 108 cm³/mol. The minimum absolute atomic E-state index is 0.0305. The highest BCUT2D eigenvalue weighted by atomic mass is 32.2. The normalized spacial score (nSPS) is 30.0. The summed E-state index contributed by atoms with van der Waals surface area (Å²) in [5, 5.41) is 0. The number of carbonyl (C=O) groups is 3. The average Bonchev–Trinajstić information content (AvgIpc) is 2.59. The maximum atomic E-state index is 13.0. The van der Waals surface area contributed by atoms with Gasteiger partial charge in [0.2, 0.25) is 0 Å². The molecule has 144 valence electrons. The number of nitrogens with two attached hydrogens (primary N) is 1. The quantitative estimate of drug-likeness (QED) is 0.778. The minimum Gasteiger partial charge on any atom is -0.324 e. The standard InChI is InChI=1S/C19H33NO3S2/c1-15(21)6-8-18(2)13-24-10-4-5-11-25-14-19(3,17(23)12-20)9-7-16(18)22/h4-14,20H2,1-3H3/t18-,19-/m0/s1. The van der Waals surface area contributed by atoms with Gasteiger partial charge in [-0.15, -0.1) is 0 Å². The highest BCUT2D eigenvalue weighted by Crippen LogP contribution is 2.36. The van der Waals surface area contributed by atoms with Crippen molar-refractivity contribution in [3.63, 3.8) is 0 Å². The molecular weight excluding hydrogens is 354 g/mol. The van der Waals surface area contributed by atoms with Crippen LogP contribution in [0.25, 0.3) is 0 Å². The van der Waals surface area contributed by atoms with Gasteiger partial charge in [-0.2, -0.15) is 23.5 Å². The lowest BCUT2D eigenvalue weighted by atomic mass is 9.76. The lowest BCUT2D eigenvalue weighted by molar-refractivity contribution is -0.129. The SMILES string of the molecule is CC(=O)CC[C@@]1(C)CSCCCCSC[C@@](C)(C(=O)CN)CCC1=O. The highest BCUT2D eigenvalue weighted by molar-refractivity contribution is 7.99. The molecule has 0 saturated carbocycles. The molecule has 2 atom stereocenters. The van der Waals surface area contributed by atoms with Gasteiger partial charge in [0.05, 0.1) is 6.54 Å². The summed E-state index contributed by atoms with van der Waals surface area (Å²) in [5.74, 6) is 3.93. The summed E-state index contributed by atoms with van der Waals surface area (Å²) in [4.78, 5) is 36.7. The molecule has 0 aromatic carbocycles. The van der Waals surface area contributed by atoms with Crippen LogP contribution in [0.5, 0.6) is 0 Å². The molecule has 25 heavy (non-hydrogen) atoms. The van der Waals surface area contributed by atoms with Crippen molar-refractivity contribution in [2.75, 3.05) is 29.6 Å². The van der Waals surface area contributed by atoms with Gasteiger partial charge in [0.1, 0.15) is 11.6 Å². The summed E-state index contributed by atoms with van der Waals surface area (Å²) < 4.78 is 0. The fraction of sp³-hybridized carbons (Fsp3) is 0.842.